The topological polar surface area (TPSA) is 74.6 Å². The van der Waals surface area contributed by atoms with Crippen molar-refractivity contribution in [2.75, 3.05) is 0 Å². The van der Waals surface area contributed by atoms with E-state index in [4.69, 9.17) is 10.2 Å². The quantitative estimate of drug-likeness (QED) is 0.690. The molecule has 0 saturated carbocycles. The lowest BCUT2D eigenvalue weighted by atomic mass is 9.86. The number of aliphatic carboxylic acids is 2. The highest BCUT2D eigenvalue weighted by atomic mass is 16.4. The van der Waals surface area contributed by atoms with Crippen molar-refractivity contribution in [3.8, 4) is 0 Å². The molecule has 1 atom stereocenters. The van der Waals surface area contributed by atoms with Gasteiger partial charge in [0.25, 0.3) is 0 Å². The Morgan fingerprint density at radius 2 is 1.79 bits per heavy atom. The molecule has 0 bridgehead atoms. The Hall–Kier alpha value is -1.06. The summed E-state index contributed by atoms with van der Waals surface area (Å²) in [6.07, 6.45) is 1.68. The standard InChI is InChI=1S/C10H18O4/c1-7(8(11)12)5-4-6-10(2,3)9(13)14/h7H,4-6H2,1-3H3,(H,11,12)(H,13,14). The SMILES string of the molecule is CC(CCCC(C)(C)C(=O)O)C(=O)O. The van der Waals surface area contributed by atoms with Gasteiger partial charge in [0.15, 0.2) is 0 Å². The highest BCUT2D eigenvalue weighted by Gasteiger charge is 2.26. The molecule has 0 aliphatic rings. The van der Waals surface area contributed by atoms with E-state index in [-0.39, 0.29) is 5.92 Å². The minimum absolute atomic E-state index is 0.389. The third kappa shape index (κ3) is 4.25. The summed E-state index contributed by atoms with van der Waals surface area (Å²) in [5.41, 5.74) is -0.752. The van der Waals surface area contributed by atoms with Crippen LogP contribution in [0.25, 0.3) is 0 Å². The molecule has 4 heteroatoms. The van der Waals surface area contributed by atoms with Crippen molar-refractivity contribution in [1.29, 1.82) is 0 Å². The Morgan fingerprint density at radius 1 is 1.29 bits per heavy atom. The average molecular weight is 202 g/mol. The van der Waals surface area contributed by atoms with Crippen molar-refractivity contribution in [2.45, 2.75) is 40.0 Å². The maximum atomic E-state index is 10.7. The summed E-state index contributed by atoms with van der Waals surface area (Å²) >= 11 is 0. The van der Waals surface area contributed by atoms with E-state index in [1.54, 1.807) is 20.8 Å². The zero-order valence-corrected chi connectivity index (χ0v) is 8.91. The Kier molecular flexibility index (Phi) is 4.60. The third-order valence-corrected chi connectivity index (χ3v) is 2.44. The predicted molar refractivity (Wildman–Crippen MR) is 52.1 cm³/mol. The number of carbonyl (C=O) groups is 2. The van der Waals surface area contributed by atoms with Crippen molar-refractivity contribution in [2.24, 2.45) is 11.3 Å². The molecular weight excluding hydrogens is 184 g/mol. The summed E-state index contributed by atoms with van der Waals surface area (Å²) in [6.45, 7) is 4.94. The average Bonchev–Trinajstić information content (AvgIpc) is 2.03. The first-order chi connectivity index (χ1) is 6.27. The van der Waals surface area contributed by atoms with Gasteiger partial charge in [-0.1, -0.05) is 13.3 Å². The van der Waals surface area contributed by atoms with Crippen molar-refractivity contribution in [3.63, 3.8) is 0 Å². The number of carboxylic acid groups (broad SMARTS) is 2. The number of carboxylic acids is 2. The minimum Gasteiger partial charge on any atom is -0.481 e. The highest BCUT2D eigenvalue weighted by molar-refractivity contribution is 5.73. The number of rotatable bonds is 6. The van der Waals surface area contributed by atoms with Crippen molar-refractivity contribution in [3.05, 3.63) is 0 Å². The molecule has 4 nitrogen and oxygen atoms in total. The van der Waals surface area contributed by atoms with Crippen LogP contribution in [0, 0.1) is 11.3 Å². The summed E-state index contributed by atoms with van der Waals surface area (Å²) in [7, 11) is 0. The molecule has 14 heavy (non-hydrogen) atoms. The molecule has 0 fully saturated rings. The van der Waals surface area contributed by atoms with Gasteiger partial charge < -0.3 is 10.2 Å². The van der Waals surface area contributed by atoms with Gasteiger partial charge in [-0.25, -0.2) is 0 Å². The molecule has 0 aliphatic carbocycles. The molecule has 82 valence electrons. The molecule has 0 radical (unpaired) electrons. The number of hydrogen-bond donors (Lipinski definition) is 2. The molecule has 0 aliphatic heterocycles. The van der Waals surface area contributed by atoms with Crippen LogP contribution in [0.1, 0.15) is 40.0 Å². The van der Waals surface area contributed by atoms with Crippen molar-refractivity contribution in [1.82, 2.24) is 0 Å². The van der Waals surface area contributed by atoms with Gasteiger partial charge in [0.1, 0.15) is 0 Å². The van der Waals surface area contributed by atoms with Gasteiger partial charge in [-0.15, -0.1) is 0 Å². The van der Waals surface area contributed by atoms with Crippen LogP contribution in [0.15, 0.2) is 0 Å². The van der Waals surface area contributed by atoms with E-state index in [0.717, 1.165) is 0 Å². The molecule has 0 rings (SSSR count). The van der Waals surface area contributed by atoms with Crippen LogP contribution in [0.4, 0.5) is 0 Å². The van der Waals surface area contributed by atoms with Crippen LogP contribution in [0.3, 0.4) is 0 Å². The van der Waals surface area contributed by atoms with Gasteiger partial charge in [0.05, 0.1) is 11.3 Å². The lowest BCUT2D eigenvalue weighted by Crippen LogP contribution is -2.23. The van der Waals surface area contributed by atoms with E-state index < -0.39 is 17.4 Å². The lowest BCUT2D eigenvalue weighted by Gasteiger charge is -2.19. The maximum Gasteiger partial charge on any atom is 0.309 e. The Bertz CT molecular complexity index is 220. The van der Waals surface area contributed by atoms with Crippen LogP contribution in [0.5, 0.6) is 0 Å². The molecule has 0 aromatic heterocycles. The van der Waals surface area contributed by atoms with E-state index in [1.807, 2.05) is 0 Å². The molecule has 0 spiro atoms. The monoisotopic (exact) mass is 202 g/mol. The number of hydrogen-bond acceptors (Lipinski definition) is 2. The first kappa shape index (κ1) is 12.9. The molecule has 2 N–H and O–H groups in total. The predicted octanol–water partition coefficient (Wildman–Crippen LogP) is 1.99. The van der Waals surface area contributed by atoms with Crippen LogP contribution < -0.4 is 0 Å². The Morgan fingerprint density at radius 3 is 2.14 bits per heavy atom. The molecule has 0 aromatic rings. The normalized spacial score (nSPS) is 13.6. The summed E-state index contributed by atoms with van der Waals surface area (Å²) < 4.78 is 0. The fourth-order valence-corrected chi connectivity index (χ4v) is 1.08. The minimum atomic E-state index is -0.833. The van der Waals surface area contributed by atoms with E-state index >= 15 is 0 Å². The second-order valence-corrected chi connectivity index (χ2v) is 4.32. The van der Waals surface area contributed by atoms with Gasteiger partial charge >= 0.3 is 11.9 Å². The summed E-state index contributed by atoms with van der Waals surface area (Å²) in [5, 5.41) is 17.4. The first-order valence-electron chi connectivity index (χ1n) is 4.73. The lowest BCUT2D eigenvalue weighted by molar-refractivity contribution is -0.147. The van der Waals surface area contributed by atoms with E-state index in [9.17, 15) is 9.59 Å². The second-order valence-electron chi connectivity index (χ2n) is 4.32. The fourth-order valence-electron chi connectivity index (χ4n) is 1.08. The Labute approximate surface area is 83.9 Å². The zero-order chi connectivity index (χ0) is 11.4. The molecule has 0 heterocycles. The van der Waals surface area contributed by atoms with E-state index in [2.05, 4.69) is 0 Å². The molecule has 0 saturated heterocycles. The van der Waals surface area contributed by atoms with Crippen LogP contribution in [-0.2, 0) is 9.59 Å². The smallest absolute Gasteiger partial charge is 0.309 e. The molecule has 1 unspecified atom stereocenters. The second kappa shape index (κ2) is 4.98. The zero-order valence-electron chi connectivity index (χ0n) is 8.91. The summed E-state index contributed by atoms with van der Waals surface area (Å²) in [5.74, 6) is -2.04. The largest absolute Gasteiger partial charge is 0.481 e. The van der Waals surface area contributed by atoms with Gasteiger partial charge in [-0.05, 0) is 26.7 Å². The van der Waals surface area contributed by atoms with Gasteiger partial charge in [-0.3, -0.25) is 9.59 Å². The molecular formula is C10H18O4. The summed E-state index contributed by atoms with van der Waals surface area (Å²) in [6, 6.07) is 0. The Balaban J connectivity index is 3.85. The summed E-state index contributed by atoms with van der Waals surface area (Å²) in [4.78, 5) is 21.2. The molecule has 0 amide bonds. The van der Waals surface area contributed by atoms with Crippen molar-refractivity contribution < 1.29 is 19.8 Å². The third-order valence-electron chi connectivity index (χ3n) is 2.44. The molecule has 0 aromatic carbocycles. The van der Waals surface area contributed by atoms with Crippen molar-refractivity contribution >= 4 is 11.9 Å². The van der Waals surface area contributed by atoms with E-state index in [0.29, 0.717) is 19.3 Å². The van der Waals surface area contributed by atoms with Crippen LogP contribution in [-0.4, -0.2) is 22.2 Å². The highest BCUT2D eigenvalue weighted by Crippen LogP contribution is 2.24. The first-order valence-corrected chi connectivity index (χ1v) is 4.73. The van der Waals surface area contributed by atoms with Crippen LogP contribution in [0.2, 0.25) is 0 Å². The fraction of sp³-hybridized carbons (Fsp3) is 0.800. The van der Waals surface area contributed by atoms with Gasteiger partial charge in [-0.2, -0.15) is 0 Å². The maximum absolute atomic E-state index is 10.7. The van der Waals surface area contributed by atoms with E-state index in [1.165, 1.54) is 0 Å². The van der Waals surface area contributed by atoms with Crippen LogP contribution >= 0.6 is 0 Å². The van der Waals surface area contributed by atoms with Gasteiger partial charge in [0.2, 0.25) is 0 Å². The van der Waals surface area contributed by atoms with Gasteiger partial charge in [0, 0.05) is 0 Å².